The molecule has 0 fully saturated rings. The molecule has 0 N–H and O–H groups in total. The number of rotatable bonds is 3. The lowest BCUT2D eigenvalue weighted by Crippen LogP contribution is -1.99. The van der Waals surface area contributed by atoms with E-state index < -0.39 is 0 Å². The van der Waals surface area contributed by atoms with Crippen LogP contribution < -0.4 is 0 Å². The van der Waals surface area contributed by atoms with Gasteiger partial charge in [0.25, 0.3) is 0 Å². The first-order valence-corrected chi connectivity index (χ1v) is 6.61. The maximum absolute atomic E-state index is 11.3. The predicted octanol–water partition coefficient (Wildman–Crippen LogP) is 2.84. The number of carbonyl (C=O) groups excluding carboxylic acids is 1. The van der Waals surface area contributed by atoms with Crippen molar-refractivity contribution in [1.29, 1.82) is 0 Å². The Morgan fingerprint density at radius 3 is 2.52 bits per heavy atom. The SMILES string of the molecule is CC(=O)c1ccc(-c2nnn(-c3cccnc3)c2C)cc1. The van der Waals surface area contributed by atoms with Crippen molar-refractivity contribution in [2.45, 2.75) is 13.8 Å². The van der Waals surface area contributed by atoms with Crippen molar-refractivity contribution in [1.82, 2.24) is 20.0 Å². The summed E-state index contributed by atoms with van der Waals surface area (Å²) in [4.78, 5) is 15.4. The molecule has 0 aliphatic carbocycles. The second-order valence-electron chi connectivity index (χ2n) is 4.78. The monoisotopic (exact) mass is 278 g/mol. The summed E-state index contributed by atoms with van der Waals surface area (Å²) in [6.45, 7) is 3.51. The van der Waals surface area contributed by atoms with Crippen LogP contribution in [0.1, 0.15) is 23.0 Å². The average molecular weight is 278 g/mol. The van der Waals surface area contributed by atoms with E-state index in [2.05, 4.69) is 15.3 Å². The van der Waals surface area contributed by atoms with Crippen LogP contribution >= 0.6 is 0 Å². The topological polar surface area (TPSA) is 60.7 Å². The number of hydrogen-bond donors (Lipinski definition) is 0. The standard InChI is InChI=1S/C16H14N4O/c1-11-16(14-7-5-13(6-8-14)12(2)21)18-19-20(11)15-4-3-9-17-10-15/h3-10H,1-2H3. The van der Waals surface area contributed by atoms with E-state index >= 15 is 0 Å². The number of hydrogen-bond acceptors (Lipinski definition) is 4. The van der Waals surface area contributed by atoms with Crippen LogP contribution in [-0.2, 0) is 0 Å². The van der Waals surface area contributed by atoms with Crippen molar-refractivity contribution in [2.75, 3.05) is 0 Å². The van der Waals surface area contributed by atoms with Crippen LogP contribution in [0.3, 0.4) is 0 Å². The molecule has 0 saturated heterocycles. The van der Waals surface area contributed by atoms with Crippen LogP contribution in [0.2, 0.25) is 0 Å². The second kappa shape index (κ2) is 5.28. The van der Waals surface area contributed by atoms with Crippen molar-refractivity contribution >= 4 is 5.78 Å². The van der Waals surface area contributed by atoms with Crippen LogP contribution in [0.25, 0.3) is 16.9 Å². The van der Waals surface area contributed by atoms with Gasteiger partial charge in [-0.15, -0.1) is 5.10 Å². The highest BCUT2D eigenvalue weighted by molar-refractivity contribution is 5.94. The number of benzene rings is 1. The number of ketones is 1. The first-order chi connectivity index (χ1) is 10.2. The second-order valence-corrected chi connectivity index (χ2v) is 4.78. The van der Waals surface area contributed by atoms with Gasteiger partial charge in [0.15, 0.2) is 5.78 Å². The van der Waals surface area contributed by atoms with Gasteiger partial charge in [0.2, 0.25) is 0 Å². The average Bonchev–Trinajstić information content (AvgIpc) is 2.90. The highest BCUT2D eigenvalue weighted by atomic mass is 16.1. The molecule has 5 nitrogen and oxygen atoms in total. The minimum Gasteiger partial charge on any atom is -0.295 e. The summed E-state index contributed by atoms with van der Waals surface area (Å²) in [7, 11) is 0. The molecule has 0 aliphatic heterocycles. The van der Waals surface area contributed by atoms with Gasteiger partial charge in [0.05, 0.1) is 17.6 Å². The fraction of sp³-hybridized carbons (Fsp3) is 0.125. The molecule has 0 radical (unpaired) electrons. The highest BCUT2D eigenvalue weighted by Crippen LogP contribution is 2.22. The Kier molecular flexibility index (Phi) is 3.31. The molecular formula is C16H14N4O. The van der Waals surface area contributed by atoms with Gasteiger partial charge >= 0.3 is 0 Å². The molecule has 2 heterocycles. The van der Waals surface area contributed by atoms with Gasteiger partial charge in [-0.05, 0) is 26.0 Å². The highest BCUT2D eigenvalue weighted by Gasteiger charge is 2.12. The zero-order chi connectivity index (χ0) is 14.8. The summed E-state index contributed by atoms with van der Waals surface area (Å²) in [5, 5.41) is 8.42. The van der Waals surface area contributed by atoms with Gasteiger partial charge in [-0.2, -0.15) is 0 Å². The lowest BCUT2D eigenvalue weighted by Gasteiger charge is -2.03. The van der Waals surface area contributed by atoms with Crippen molar-refractivity contribution in [3.8, 4) is 16.9 Å². The summed E-state index contributed by atoms with van der Waals surface area (Å²) in [6, 6.07) is 11.2. The quantitative estimate of drug-likeness (QED) is 0.691. The van der Waals surface area contributed by atoms with E-state index in [0.717, 1.165) is 22.6 Å². The van der Waals surface area contributed by atoms with E-state index in [-0.39, 0.29) is 5.78 Å². The molecular weight excluding hydrogens is 264 g/mol. The number of carbonyl (C=O) groups is 1. The zero-order valence-corrected chi connectivity index (χ0v) is 11.8. The molecule has 0 aliphatic rings. The summed E-state index contributed by atoms with van der Waals surface area (Å²) in [5.74, 6) is 0.0530. The molecule has 0 amide bonds. The van der Waals surface area contributed by atoms with Gasteiger partial charge in [-0.25, -0.2) is 4.68 Å². The summed E-state index contributed by atoms with van der Waals surface area (Å²) in [5.41, 5.74) is 4.23. The summed E-state index contributed by atoms with van der Waals surface area (Å²) in [6.07, 6.45) is 3.46. The van der Waals surface area contributed by atoms with Gasteiger partial charge in [-0.3, -0.25) is 9.78 Å². The minimum atomic E-state index is 0.0530. The molecule has 3 aromatic rings. The third-order valence-electron chi connectivity index (χ3n) is 3.35. The first kappa shape index (κ1) is 13.2. The van der Waals surface area contributed by atoms with Crippen molar-refractivity contribution in [3.05, 3.63) is 60.0 Å². The van der Waals surface area contributed by atoms with Crippen LogP contribution in [0.5, 0.6) is 0 Å². The Balaban J connectivity index is 2.01. The zero-order valence-electron chi connectivity index (χ0n) is 11.8. The van der Waals surface area contributed by atoms with Crippen LogP contribution in [-0.4, -0.2) is 25.8 Å². The molecule has 2 aromatic heterocycles. The third-order valence-corrected chi connectivity index (χ3v) is 3.35. The van der Waals surface area contributed by atoms with Gasteiger partial charge < -0.3 is 0 Å². The molecule has 0 saturated carbocycles. The number of aromatic nitrogens is 4. The lowest BCUT2D eigenvalue weighted by molar-refractivity contribution is 0.101. The summed E-state index contributed by atoms with van der Waals surface area (Å²) < 4.78 is 1.75. The Labute approximate surface area is 122 Å². The van der Waals surface area contributed by atoms with E-state index in [1.807, 2.05) is 31.2 Å². The molecule has 3 rings (SSSR count). The number of nitrogens with zero attached hydrogens (tertiary/aromatic N) is 4. The third kappa shape index (κ3) is 2.45. The fourth-order valence-electron chi connectivity index (χ4n) is 2.18. The molecule has 21 heavy (non-hydrogen) atoms. The van der Waals surface area contributed by atoms with E-state index in [1.54, 1.807) is 36.1 Å². The van der Waals surface area contributed by atoms with Gasteiger partial charge in [-0.1, -0.05) is 29.5 Å². The van der Waals surface area contributed by atoms with Crippen LogP contribution in [0, 0.1) is 6.92 Å². The fourth-order valence-corrected chi connectivity index (χ4v) is 2.18. The van der Waals surface area contributed by atoms with E-state index in [0.29, 0.717) is 5.56 Å². The first-order valence-electron chi connectivity index (χ1n) is 6.61. The van der Waals surface area contributed by atoms with E-state index in [9.17, 15) is 4.79 Å². The van der Waals surface area contributed by atoms with Crippen molar-refractivity contribution < 1.29 is 4.79 Å². The predicted molar refractivity (Wildman–Crippen MR) is 79.3 cm³/mol. The van der Waals surface area contributed by atoms with Gasteiger partial charge in [0.1, 0.15) is 5.69 Å². The van der Waals surface area contributed by atoms with E-state index in [4.69, 9.17) is 0 Å². The van der Waals surface area contributed by atoms with Crippen molar-refractivity contribution in [2.24, 2.45) is 0 Å². The number of pyridine rings is 1. The molecule has 0 atom stereocenters. The normalized spacial score (nSPS) is 10.6. The minimum absolute atomic E-state index is 0.0530. The van der Waals surface area contributed by atoms with Gasteiger partial charge in [0, 0.05) is 17.3 Å². The smallest absolute Gasteiger partial charge is 0.159 e. The number of Topliss-reactive ketones (excluding diaryl/α,β-unsaturated/α-hetero) is 1. The summed E-state index contributed by atoms with van der Waals surface area (Å²) >= 11 is 0. The van der Waals surface area contributed by atoms with Crippen molar-refractivity contribution in [3.63, 3.8) is 0 Å². The largest absolute Gasteiger partial charge is 0.295 e. The Hall–Kier alpha value is -2.82. The molecule has 5 heteroatoms. The Morgan fingerprint density at radius 1 is 1.14 bits per heavy atom. The molecule has 1 aromatic carbocycles. The van der Waals surface area contributed by atoms with E-state index in [1.165, 1.54) is 0 Å². The molecule has 0 spiro atoms. The molecule has 104 valence electrons. The molecule has 0 unspecified atom stereocenters. The Morgan fingerprint density at radius 2 is 1.90 bits per heavy atom. The maximum Gasteiger partial charge on any atom is 0.159 e. The van der Waals surface area contributed by atoms with Crippen LogP contribution in [0.15, 0.2) is 48.8 Å². The van der Waals surface area contributed by atoms with Crippen LogP contribution in [0.4, 0.5) is 0 Å². The lowest BCUT2D eigenvalue weighted by atomic mass is 10.1. The Bertz CT molecular complexity index is 776. The molecule has 0 bridgehead atoms. The maximum atomic E-state index is 11.3.